The Kier molecular flexibility index (Phi) is 9.53. The van der Waals surface area contributed by atoms with Gasteiger partial charge in [-0.1, -0.05) is 100 Å². The molecule has 4 N–H and O–H groups in total. The van der Waals surface area contributed by atoms with Crippen LogP contribution in [0.15, 0.2) is 77.8 Å². The Morgan fingerprint density at radius 1 is 0.818 bits per heavy atom. The van der Waals surface area contributed by atoms with E-state index in [1.807, 2.05) is 36.4 Å². The zero-order valence-electron chi connectivity index (χ0n) is 27.5. The summed E-state index contributed by atoms with van der Waals surface area (Å²) >= 11 is 0. The van der Waals surface area contributed by atoms with E-state index in [-0.39, 0.29) is 28.6 Å². The summed E-state index contributed by atoms with van der Waals surface area (Å²) in [6.07, 6.45) is 6.71. The van der Waals surface area contributed by atoms with Crippen LogP contribution in [0.1, 0.15) is 106 Å². The smallest absolute Gasteiger partial charge is 0.234 e. The van der Waals surface area contributed by atoms with E-state index < -0.39 is 0 Å². The highest BCUT2D eigenvalue weighted by Crippen LogP contribution is 2.47. The lowest BCUT2D eigenvalue weighted by atomic mass is 9.62. The third-order valence-corrected chi connectivity index (χ3v) is 10.5. The Hall–Kier alpha value is -3.60. The molecule has 1 amide bonds. The van der Waals surface area contributed by atoms with Crippen LogP contribution in [0.3, 0.4) is 0 Å². The minimum Gasteiger partial charge on any atom is -0.370 e. The summed E-state index contributed by atoms with van der Waals surface area (Å²) in [6.45, 7) is 13.8. The van der Waals surface area contributed by atoms with Gasteiger partial charge in [-0.15, -0.1) is 0 Å². The van der Waals surface area contributed by atoms with Gasteiger partial charge in [-0.25, -0.2) is 0 Å². The molecular weight excluding hydrogens is 540 g/mol. The largest absolute Gasteiger partial charge is 0.370 e. The molecule has 3 aromatic rings. The SMILES string of the molecule is Cc1cc2c(cc1CN(CC1CCC(CN=C(N)N)CC1)C(=O)C(c1ccccc1)c1ccccc1)C(C)(C)CCC2(C)C. The first-order chi connectivity index (χ1) is 20.9. The van der Waals surface area contributed by atoms with Crippen LogP contribution in [0.25, 0.3) is 0 Å². The molecule has 0 radical (unpaired) electrons. The highest BCUT2D eigenvalue weighted by molar-refractivity contribution is 5.87. The van der Waals surface area contributed by atoms with E-state index in [0.29, 0.717) is 24.9 Å². The maximum atomic E-state index is 14.9. The summed E-state index contributed by atoms with van der Waals surface area (Å²) in [5.74, 6) is 0.969. The number of nitrogens with zero attached hydrogens (tertiary/aromatic N) is 2. The molecule has 5 rings (SSSR count). The minimum atomic E-state index is -0.344. The van der Waals surface area contributed by atoms with Gasteiger partial charge in [-0.05, 0) is 101 Å². The lowest BCUT2D eigenvalue weighted by Gasteiger charge is -2.42. The van der Waals surface area contributed by atoms with Crippen molar-refractivity contribution in [2.75, 3.05) is 13.1 Å². The average molecular weight is 593 g/mol. The topological polar surface area (TPSA) is 84.7 Å². The van der Waals surface area contributed by atoms with Crippen molar-refractivity contribution in [1.82, 2.24) is 4.90 Å². The molecule has 2 aliphatic carbocycles. The van der Waals surface area contributed by atoms with E-state index in [1.54, 1.807) is 0 Å². The van der Waals surface area contributed by atoms with Gasteiger partial charge in [0.05, 0.1) is 5.92 Å². The van der Waals surface area contributed by atoms with Crippen LogP contribution in [0.5, 0.6) is 0 Å². The van der Waals surface area contributed by atoms with Crippen LogP contribution in [0.4, 0.5) is 0 Å². The van der Waals surface area contributed by atoms with Gasteiger partial charge in [0.1, 0.15) is 0 Å². The molecule has 3 aromatic carbocycles. The van der Waals surface area contributed by atoms with Crippen molar-refractivity contribution in [2.45, 2.75) is 96.4 Å². The molecule has 0 heterocycles. The van der Waals surface area contributed by atoms with Gasteiger partial charge in [0, 0.05) is 19.6 Å². The van der Waals surface area contributed by atoms with Gasteiger partial charge in [0.15, 0.2) is 5.96 Å². The molecule has 1 saturated carbocycles. The van der Waals surface area contributed by atoms with E-state index in [2.05, 4.69) is 80.9 Å². The van der Waals surface area contributed by atoms with Crippen LogP contribution in [0, 0.1) is 18.8 Å². The Bertz CT molecular complexity index is 1410. The summed E-state index contributed by atoms with van der Waals surface area (Å²) < 4.78 is 0. The van der Waals surface area contributed by atoms with Crippen molar-refractivity contribution in [3.8, 4) is 0 Å². The highest BCUT2D eigenvalue weighted by atomic mass is 16.2. The molecule has 0 spiro atoms. The number of rotatable bonds is 9. The van der Waals surface area contributed by atoms with E-state index in [0.717, 1.165) is 43.4 Å². The van der Waals surface area contributed by atoms with Gasteiger partial charge < -0.3 is 16.4 Å². The van der Waals surface area contributed by atoms with E-state index in [4.69, 9.17) is 11.5 Å². The van der Waals surface area contributed by atoms with Crippen molar-refractivity contribution in [2.24, 2.45) is 28.3 Å². The number of carbonyl (C=O) groups excluding carboxylic acids is 1. The van der Waals surface area contributed by atoms with Crippen molar-refractivity contribution in [1.29, 1.82) is 0 Å². The molecular formula is C39H52N4O. The first kappa shape index (κ1) is 31.8. The molecule has 1 fully saturated rings. The third kappa shape index (κ3) is 7.20. The average Bonchev–Trinajstić information content (AvgIpc) is 3.00. The second-order valence-corrected chi connectivity index (χ2v) is 14.7. The number of hydrogen-bond donors (Lipinski definition) is 2. The second kappa shape index (κ2) is 13.2. The maximum Gasteiger partial charge on any atom is 0.234 e. The molecule has 0 unspecified atom stereocenters. The molecule has 0 saturated heterocycles. The normalized spacial score (nSPS) is 20.5. The second-order valence-electron chi connectivity index (χ2n) is 14.7. The number of hydrogen-bond acceptors (Lipinski definition) is 2. The quantitative estimate of drug-likeness (QED) is 0.198. The number of guanidine groups is 1. The fourth-order valence-electron chi connectivity index (χ4n) is 7.47. The van der Waals surface area contributed by atoms with E-state index in [9.17, 15) is 4.79 Å². The van der Waals surface area contributed by atoms with Crippen molar-refractivity contribution in [3.05, 3.63) is 106 Å². The molecule has 234 valence electrons. The van der Waals surface area contributed by atoms with Gasteiger partial charge in [0.25, 0.3) is 0 Å². The lowest BCUT2D eigenvalue weighted by Crippen LogP contribution is -2.40. The number of aryl methyl sites for hydroxylation is 1. The number of nitrogens with two attached hydrogens (primary N) is 2. The molecule has 0 aliphatic heterocycles. The van der Waals surface area contributed by atoms with E-state index in [1.165, 1.54) is 35.1 Å². The number of fused-ring (bicyclic) bond motifs is 1. The van der Waals surface area contributed by atoms with Crippen LogP contribution in [0.2, 0.25) is 0 Å². The lowest BCUT2D eigenvalue weighted by molar-refractivity contribution is -0.133. The van der Waals surface area contributed by atoms with Crippen molar-refractivity contribution < 1.29 is 4.79 Å². The molecule has 0 atom stereocenters. The standard InChI is InChI=1S/C39H52N4O/c1-27-22-33-34(39(4,5)21-20-38(33,2)3)23-32(27)26-43(25-29-18-16-28(17-19-29)24-42-37(40)41)36(44)35(30-12-8-6-9-13-30)31-14-10-7-11-15-31/h6-15,22-23,28-29,35H,16-21,24-26H2,1-5H3,(H4,40,41,42). The zero-order chi connectivity index (χ0) is 31.5. The molecule has 0 bridgehead atoms. The predicted octanol–water partition coefficient (Wildman–Crippen LogP) is 7.58. The fraction of sp³-hybridized carbons (Fsp3) is 0.487. The Morgan fingerprint density at radius 2 is 1.32 bits per heavy atom. The minimum absolute atomic E-state index is 0.118. The number of amides is 1. The zero-order valence-corrected chi connectivity index (χ0v) is 27.5. The van der Waals surface area contributed by atoms with Crippen molar-refractivity contribution >= 4 is 11.9 Å². The fourth-order valence-corrected chi connectivity index (χ4v) is 7.47. The Labute approximate surface area is 265 Å². The number of aliphatic imine (C=N–C) groups is 1. The molecule has 0 aromatic heterocycles. The predicted molar refractivity (Wildman–Crippen MR) is 183 cm³/mol. The Morgan fingerprint density at radius 3 is 1.84 bits per heavy atom. The van der Waals surface area contributed by atoms with E-state index >= 15 is 0 Å². The summed E-state index contributed by atoms with van der Waals surface area (Å²) in [5.41, 5.74) is 19.0. The van der Waals surface area contributed by atoms with Gasteiger partial charge in [-0.2, -0.15) is 0 Å². The molecule has 5 nitrogen and oxygen atoms in total. The molecule has 5 heteroatoms. The van der Waals surface area contributed by atoms with Crippen LogP contribution in [-0.2, 0) is 22.2 Å². The van der Waals surface area contributed by atoms with Crippen molar-refractivity contribution in [3.63, 3.8) is 0 Å². The van der Waals surface area contributed by atoms with Crippen LogP contribution < -0.4 is 11.5 Å². The molecule has 2 aliphatic rings. The van der Waals surface area contributed by atoms with Crippen LogP contribution >= 0.6 is 0 Å². The number of carbonyl (C=O) groups is 1. The Balaban J connectivity index is 1.49. The van der Waals surface area contributed by atoms with Gasteiger partial charge in [-0.3, -0.25) is 9.79 Å². The molecule has 44 heavy (non-hydrogen) atoms. The summed E-state index contributed by atoms with van der Waals surface area (Å²) in [5, 5.41) is 0. The summed E-state index contributed by atoms with van der Waals surface area (Å²) in [6, 6.07) is 25.5. The maximum absolute atomic E-state index is 14.9. The first-order valence-electron chi connectivity index (χ1n) is 16.5. The summed E-state index contributed by atoms with van der Waals surface area (Å²) in [7, 11) is 0. The monoisotopic (exact) mass is 592 g/mol. The summed E-state index contributed by atoms with van der Waals surface area (Å²) in [4.78, 5) is 21.3. The number of benzene rings is 3. The van der Waals surface area contributed by atoms with Crippen LogP contribution in [-0.4, -0.2) is 29.9 Å². The third-order valence-electron chi connectivity index (χ3n) is 10.5. The van der Waals surface area contributed by atoms with Gasteiger partial charge >= 0.3 is 0 Å². The first-order valence-corrected chi connectivity index (χ1v) is 16.5. The highest BCUT2D eigenvalue weighted by Gasteiger charge is 2.38. The van der Waals surface area contributed by atoms with Gasteiger partial charge in [0.2, 0.25) is 5.91 Å².